The van der Waals surface area contributed by atoms with Crippen LogP contribution in [0.15, 0.2) is 16.6 Å². The molecule has 0 radical (unpaired) electrons. The zero-order chi connectivity index (χ0) is 11.6. The van der Waals surface area contributed by atoms with Gasteiger partial charge >= 0.3 is 0 Å². The van der Waals surface area contributed by atoms with Gasteiger partial charge in [0.15, 0.2) is 0 Å². The lowest BCUT2D eigenvalue weighted by Gasteiger charge is -2.23. The van der Waals surface area contributed by atoms with Crippen molar-refractivity contribution in [3.05, 3.63) is 33.8 Å². The van der Waals surface area contributed by atoms with E-state index in [-0.39, 0.29) is 16.5 Å². The zero-order valence-electron chi connectivity index (χ0n) is 8.78. The average Bonchev–Trinajstić information content (AvgIpc) is 2.19. The molecule has 15 heavy (non-hydrogen) atoms. The van der Waals surface area contributed by atoms with Crippen LogP contribution in [0.25, 0.3) is 0 Å². The van der Waals surface area contributed by atoms with Crippen molar-refractivity contribution in [1.82, 2.24) is 0 Å². The van der Waals surface area contributed by atoms with E-state index in [9.17, 15) is 8.78 Å². The van der Waals surface area contributed by atoms with Gasteiger partial charge in [-0.05, 0) is 47.8 Å². The van der Waals surface area contributed by atoms with Crippen molar-refractivity contribution in [1.29, 1.82) is 0 Å². The molecule has 0 saturated carbocycles. The lowest BCUT2D eigenvalue weighted by molar-refractivity contribution is 0.425. The summed E-state index contributed by atoms with van der Waals surface area (Å²) in [7, 11) is 0. The molecule has 84 valence electrons. The van der Waals surface area contributed by atoms with Crippen LogP contribution in [0.5, 0.6) is 0 Å². The molecule has 0 aromatic heterocycles. The molecule has 1 atom stereocenters. The molecule has 2 N–H and O–H groups in total. The highest BCUT2D eigenvalue weighted by Gasteiger charge is 2.22. The largest absolute Gasteiger partial charge is 0.325 e. The van der Waals surface area contributed by atoms with Crippen LogP contribution >= 0.6 is 15.9 Å². The van der Waals surface area contributed by atoms with Crippen molar-refractivity contribution < 1.29 is 8.78 Å². The fourth-order valence-electron chi connectivity index (χ4n) is 1.26. The van der Waals surface area contributed by atoms with E-state index in [2.05, 4.69) is 15.9 Å². The van der Waals surface area contributed by atoms with Gasteiger partial charge in [-0.15, -0.1) is 0 Å². The Morgan fingerprint density at radius 3 is 2.53 bits per heavy atom. The van der Waals surface area contributed by atoms with Gasteiger partial charge in [0.1, 0.15) is 11.6 Å². The number of halogens is 3. The Hall–Kier alpha value is -0.480. The summed E-state index contributed by atoms with van der Waals surface area (Å²) in [6, 6.07) is 2.60. The van der Waals surface area contributed by atoms with E-state index in [0.29, 0.717) is 6.42 Å². The fraction of sp³-hybridized carbons (Fsp3) is 0.455. The molecule has 0 aliphatic rings. The minimum absolute atomic E-state index is 0.0521. The van der Waals surface area contributed by atoms with E-state index in [1.165, 1.54) is 12.1 Å². The molecule has 0 spiro atoms. The molecule has 0 fully saturated rings. The third kappa shape index (κ3) is 2.98. The first kappa shape index (κ1) is 12.6. The summed E-state index contributed by atoms with van der Waals surface area (Å²) in [5, 5.41) is 0. The third-order valence-corrected chi connectivity index (χ3v) is 3.14. The second kappa shape index (κ2) is 4.58. The van der Waals surface area contributed by atoms with Crippen molar-refractivity contribution in [3.63, 3.8) is 0 Å². The van der Waals surface area contributed by atoms with Gasteiger partial charge in [0, 0.05) is 11.1 Å². The summed E-state index contributed by atoms with van der Waals surface area (Å²) < 4.78 is 27.2. The summed E-state index contributed by atoms with van der Waals surface area (Å²) in [6.07, 6.45) is 0.860. The molecule has 0 aliphatic carbocycles. The number of benzene rings is 1. The maximum atomic E-state index is 13.6. The Morgan fingerprint density at radius 2 is 2.00 bits per heavy atom. The molecule has 4 heteroatoms. The molecule has 0 amide bonds. The maximum Gasteiger partial charge on any atom is 0.143 e. The van der Waals surface area contributed by atoms with E-state index in [1.54, 1.807) is 6.92 Å². The molecule has 1 unspecified atom stereocenters. The Labute approximate surface area is 96.8 Å². The van der Waals surface area contributed by atoms with Crippen LogP contribution in [0.2, 0.25) is 0 Å². The maximum absolute atomic E-state index is 13.6. The van der Waals surface area contributed by atoms with Crippen molar-refractivity contribution in [2.45, 2.75) is 32.2 Å². The predicted octanol–water partition coefficient (Wildman–Crippen LogP) is 3.40. The minimum atomic E-state index is -0.581. The normalized spacial score (nSPS) is 15.1. The van der Waals surface area contributed by atoms with Gasteiger partial charge in [0.2, 0.25) is 0 Å². The van der Waals surface area contributed by atoms with E-state index in [1.807, 2.05) is 6.92 Å². The second-order valence-corrected chi connectivity index (χ2v) is 4.86. The fourth-order valence-corrected chi connectivity index (χ4v) is 1.63. The van der Waals surface area contributed by atoms with Gasteiger partial charge in [-0.1, -0.05) is 6.92 Å². The predicted molar refractivity (Wildman–Crippen MR) is 60.6 cm³/mol. The zero-order valence-corrected chi connectivity index (χ0v) is 10.4. The van der Waals surface area contributed by atoms with E-state index < -0.39 is 17.2 Å². The molecule has 1 nitrogen and oxygen atoms in total. The van der Waals surface area contributed by atoms with Crippen molar-refractivity contribution in [2.75, 3.05) is 0 Å². The van der Waals surface area contributed by atoms with Crippen LogP contribution in [0.1, 0.15) is 25.8 Å². The molecule has 1 aromatic rings. The van der Waals surface area contributed by atoms with Crippen LogP contribution in [0.4, 0.5) is 8.78 Å². The number of hydrogen-bond acceptors (Lipinski definition) is 1. The lowest BCUT2D eigenvalue weighted by Crippen LogP contribution is -2.38. The van der Waals surface area contributed by atoms with Gasteiger partial charge in [-0.2, -0.15) is 0 Å². The Bertz CT molecular complexity index is 364. The third-order valence-electron chi connectivity index (χ3n) is 2.53. The van der Waals surface area contributed by atoms with E-state index in [4.69, 9.17) is 5.73 Å². The van der Waals surface area contributed by atoms with Crippen LogP contribution in [0.3, 0.4) is 0 Å². The number of hydrogen-bond donors (Lipinski definition) is 1. The molecule has 0 bridgehead atoms. The average molecular weight is 278 g/mol. The molecular formula is C11H14BrF2N. The topological polar surface area (TPSA) is 26.0 Å². The summed E-state index contributed by atoms with van der Waals surface area (Å²) in [5.74, 6) is -1.10. The SMILES string of the molecule is CCC(C)(N)Cc1c(F)ccc(Br)c1F. The molecule has 0 heterocycles. The molecule has 1 rings (SSSR count). The van der Waals surface area contributed by atoms with Gasteiger partial charge < -0.3 is 5.73 Å². The highest BCUT2D eigenvalue weighted by molar-refractivity contribution is 9.10. The standard InChI is InChI=1S/C11H14BrF2N/c1-3-11(2,15)6-7-9(13)5-4-8(12)10(7)14/h4-5H,3,6,15H2,1-2H3. The summed E-state index contributed by atoms with van der Waals surface area (Å²) in [6.45, 7) is 3.68. The molecule has 0 aliphatic heterocycles. The molecule has 1 aromatic carbocycles. The first-order valence-corrected chi connectivity index (χ1v) is 5.58. The van der Waals surface area contributed by atoms with E-state index >= 15 is 0 Å². The van der Waals surface area contributed by atoms with Gasteiger partial charge in [-0.3, -0.25) is 0 Å². The van der Waals surface area contributed by atoms with Crippen LogP contribution in [-0.2, 0) is 6.42 Å². The van der Waals surface area contributed by atoms with Crippen molar-refractivity contribution >= 4 is 15.9 Å². The quantitative estimate of drug-likeness (QED) is 0.842. The van der Waals surface area contributed by atoms with Crippen molar-refractivity contribution in [2.24, 2.45) is 5.73 Å². The Balaban J connectivity index is 3.09. The van der Waals surface area contributed by atoms with E-state index in [0.717, 1.165) is 0 Å². The first-order chi connectivity index (χ1) is 6.87. The number of rotatable bonds is 3. The van der Waals surface area contributed by atoms with Gasteiger partial charge in [-0.25, -0.2) is 8.78 Å². The lowest BCUT2D eigenvalue weighted by atomic mass is 9.91. The van der Waals surface area contributed by atoms with Crippen LogP contribution < -0.4 is 5.73 Å². The Morgan fingerprint density at radius 1 is 1.40 bits per heavy atom. The first-order valence-electron chi connectivity index (χ1n) is 4.78. The summed E-state index contributed by atoms with van der Waals surface area (Å²) in [4.78, 5) is 0. The minimum Gasteiger partial charge on any atom is -0.325 e. The highest BCUT2D eigenvalue weighted by Crippen LogP contribution is 2.25. The van der Waals surface area contributed by atoms with Crippen LogP contribution in [-0.4, -0.2) is 5.54 Å². The number of nitrogens with two attached hydrogens (primary N) is 1. The second-order valence-electron chi connectivity index (χ2n) is 4.01. The Kier molecular flexibility index (Phi) is 3.84. The van der Waals surface area contributed by atoms with Gasteiger partial charge in [0.25, 0.3) is 0 Å². The molecule has 0 saturated heterocycles. The van der Waals surface area contributed by atoms with Crippen molar-refractivity contribution in [3.8, 4) is 0 Å². The monoisotopic (exact) mass is 277 g/mol. The summed E-state index contributed by atoms with van der Waals surface area (Å²) >= 11 is 3.03. The molecular weight excluding hydrogens is 264 g/mol. The van der Waals surface area contributed by atoms with Gasteiger partial charge in [0.05, 0.1) is 4.47 Å². The smallest absolute Gasteiger partial charge is 0.143 e. The van der Waals surface area contributed by atoms with Crippen LogP contribution in [0, 0.1) is 11.6 Å². The summed E-state index contributed by atoms with van der Waals surface area (Å²) in [5.41, 5.74) is 5.36. The highest BCUT2D eigenvalue weighted by atomic mass is 79.9.